The maximum absolute atomic E-state index is 11.6. The summed E-state index contributed by atoms with van der Waals surface area (Å²) >= 11 is 0. The van der Waals surface area contributed by atoms with Crippen molar-refractivity contribution in [3.63, 3.8) is 0 Å². The van der Waals surface area contributed by atoms with Crippen LogP contribution in [0.5, 0.6) is 0 Å². The van der Waals surface area contributed by atoms with Gasteiger partial charge in [0, 0.05) is 0 Å². The van der Waals surface area contributed by atoms with Crippen LogP contribution < -0.4 is 0 Å². The van der Waals surface area contributed by atoms with Gasteiger partial charge in [-0.1, -0.05) is 19.6 Å². The lowest BCUT2D eigenvalue weighted by Gasteiger charge is -2.10. The molecule has 78 valence electrons. The van der Waals surface area contributed by atoms with E-state index in [4.69, 9.17) is 0 Å². The third-order valence-electron chi connectivity index (χ3n) is 1.14. The molecule has 2 nitrogen and oxygen atoms in total. The highest BCUT2D eigenvalue weighted by molar-refractivity contribution is 7.03. The van der Waals surface area contributed by atoms with E-state index in [2.05, 4.69) is 0 Å². The summed E-state index contributed by atoms with van der Waals surface area (Å²) in [6, 6.07) is -1.52. The molecule has 0 saturated carbocycles. The Kier molecular flexibility index (Phi) is 7.79. The van der Waals surface area contributed by atoms with Gasteiger partial charge >= 0.3 is 6.04 Å². The Morgan fingerprint density at radius 1 is 1.15 bits per heavy atom. The number of hydrogen-bond donors (Lipinski definition) is 0. The first-order valence-corrected chi connectivity index (χ1v) is 7.09. The van der Waals surface area contributed by atoms with Gasteiger partial charge in [0.25, 0.3) is 0 Å². The van der Waals surface area contributed by atoms with E-state index < -0.39 is 27.5 Å². The molecular weight excluding hydrogens is 201 g/mol. The Morgan fingerprint density at radius 2 is 1.46 bits per heavy atom. The molecule has 6 heteroatoms. The van der Waals surface area contributed by atoms with Gasteiger partial charge in [0.1, 0.15) is 13.5 Å². The molecule has 0 saturated heterocycles. The van der Waals surface area contributed by atoms with Crippen molar-refractivity contribution in [2.45, 2.75) is 26.1 Å². The summed E-state index contributed by atoms with van der Waals surface area (Å²) in [5, 5.41) is -0.222. The average molecular weight is 214 g/mol. The lowest BCUT2D eigenvalue weighted by Crippen LogP contribution is -2.34. The fraction of sp³-hybridized carbons (Fsp3) is 0.714. The molecule has 0 spiro atoms. The predicted octanol–water partition coefficient (Wildman–Crippen LogP) is 2.20. The van der Waals surface area contributed by atoms with E-state index in [1.807, 2.05) is 0 Å². The van der Waals surface area contributed by atoms with E-state index >= 15 is 0 Å². The minimum absolute atomic E-state index is 0.222. The first-order valence-electron chi connectivity index (χ1n) is 3.59. The Balaban J connectivity index is 0. The van der Waals surface area contributed by atoms with Crippen molar-refractivity contribution < 1.29 is 22.8 Å². The molecule has 0 aromatic rings. The maximum Gasteiger partial charge on any atom is 0.308 e. The van der Waals surface area contributed by atoms with Crippen LogP contribution in [0.1, 0.15) is 6.42 Å². The van der Waals surface area contributed by atoms with E-state index in [0.717, 1.165) is 0 Å². The van der Waals surface area contributed by atoms with Gasteiger partial charge in [-0.2, -0.15) is 4.39 Å². The highest BCUT2D eigenvalue weighted by Gasteiger charge is 2.25. The van der Waals surface area contributed by atoms with E-state index in [1.54, 1.807) is 19.6 Å². The highest BCUT2D eigenvalue weighted by atomic mass is 28.3. The molecule has 0 rings (SSSR count). The zero-order valence-corrected chi connectivity index (χ0v) is 8.86. The molecule has 0 aromatic heterocycles. The molecule has 0 aliphatic heterocycles. The van der Waals surface area contributed by atoms with Crippen LogP contribution in [0.4, 0.5) is 13.2 Å². The van der Waals surface area contributed by atoms with E-state index in [0.29, 0.717) is 0 Å². The van der Waals surface area contributed by atoms with E-state index in [9.17, 15) is 22.8 Å². The standard InChI is InChI=1S/C6H11FO2Si.CH2F2/c1-10(2,3)6(9)4-5(7)8;2-1-3/h4H2,1-3H3;1H2. The number of carbonyl (C=O) groups excluding carboxylic acids is 2. The monoisotopic (exact) mass is 214 g/mol. The molecule has 0 heterocycles. The maximum atomic E-state index is 11.6. The molecule has 0 amide bonds. The van der Waals surface area contributed by atoms with Gasteiger partial charge in [0.05, 0.1) is 6.42 Å². The molecule has 0 radical (unpaired) electrons. The van der Waals surface area contributed by atoms with Crippen LogP contribution in [0.2, 0.25) is 19.6 Å². The minimum atomic E-state index is -1.92. The summed E-state index contributed by atoms with van der Waals surface area (Å²) in [5.41, 5.74) is 0. The van der Waals surface area contributed by atoms with Gasteiger partial charge in [0.2, 0.25) is 6.93 Å². The van der Waals surface area contributed by atoms with Crippen LogP contribution >= 0.6 is 0 Å². The predicted molar refractivity (Wildman–Crippen MR) is 46.2 cm³/mol. The lowest BCUT2D eigenvalue weighted by atomic mass is 10.5. The van der Waals surface area contributed by atoms with Crippen molar-refractivity contribution >= 4 is 19.5 Å². The second-order valence-corrected chi connectivity index (χ2v) is 8.36. The van der Waals surface area contributed by atoms with Gasteiger partial charge in [-0.05, 0) is 0 Å². The van der Waals surface area contributed by atoms with Crippen molar-refractivity contribution in [3.8, 4) is 0 Å². The van der Waals surface area contributed by atoms with E-state index in [1.165, 1.54) is 0 Å². The van der Waals surface area contributed by atoms with Crippen LogP contribution in [-0.4, -0.2) is 26.4 Å². The third-order valence-corrected chi connectivity index (χ3v) is 2.99. The topological polar surface area (TPSA) is 34.1 Å². The largest absolute Gasteiger partial charge is 0.308 e. The fourth-order valence-corrected chi connectivity index (χ4v) is 1.06. The molecular formula is C7H13F3O2Si. The summed E-state index contributed by atoms with van der Waals surface area (Å²) in [4.78, 5) is 20.7. The first kappa shape index (κ1) is 14.8. The van der Waals surface area contributed by atoms with Crippen molar-refractivity contribution in [2.75, 3.05) is 6.93 Å². The molecule has 0 aliphatic rings. The van der Waals surface area contributed by atoms with Crippen molar-refractivity contribution in [2.24, 2.45) is 0 Å². The Hall–Kier alpha value is -0.653. The molecule has 0 atom stereocenters. The molecule has 0 fully saturated rings. The second kappa shape index (κ2) is 6.82. The molecule has 13 heavy (non-hydrogen) atoms. The molecule has 0 N–H and O–H groups in total. The summed E-state index contributed by atoms with van der Waals surface area (Å²) in [7, 11) is -1.92. The highest BCUT2D eigenvalue weighted by Crippen LogP contribution is 2.05. The van der Waals surface area contributed by atoms with Gasteiger partial charge in [-0.3, -0.25) is 4.79 Å². The summed E-state index contributed by atoms with van der Waals surface area (Å²) in [6.45, 7) is 3.62. The summed E-state index contributed by atoms with van der Waals surface area (Å²) < 4.78 is 30.9. The first-order chi connectivity index (χ1) is 5.75. The SMILES string of the molecule is C[Si](C)(C)C(=O)CC(=O)F.FCF. The second-order valence-electron chi connectivity index (χ2n) is 3.31. The number of halogens is 3. The van der Waals surface area contributed by atoms with Crippen molar-refractivity contribution in [3.05, 3.63) is 0 Å². The quantitative estimate of drug-likeness (QED) is 0.410. The Bertz CT molecular complexity index is 177. The zero-order valence-electron chi connectivity index (χ0n) is 7.86. The van der Waals surface area contributed by atoms with Crippen LogP contribution in [0, 0.1) is 0 Å². The average Bonchev–Trinajstić information content (AvgIpc) is 1.85. The van der Waals surface area contributed by atoms with Crippen LogP contribution in [-0.2, 0) is 9.59 Å². The van der Waals surface area contributed by atoms with Gasteiger partial charge < -0.3 is 4.79 Å². The smallest absolute Gasteiger partial charge is 0.305 e. The summed E-state index contributed by atoms with van der Waals surface area (Å²) in [5.74, 6) is 0. The van der Waals surface area contributed by atoms with Crippen LogP contribution in [0.3, 0.4) is 0 Å². The number of alkyl halides is 2. The number of carbonyl (C=O) groups is 2. The summed E-state index contributed by atoms with van der Waals surface area (Å²) in [6.07, 6.45) is -0.532. The normalized spacial score (nSPS) is 10.0. The molecule has 0 aliphatic carbocycles. The van der Waals surface area contributed by atoms with Gasteiger partial charge in [-0.25, -0.2) is 8.78 Å². The molecule has 0 bridgehead atoms. The van der Waals surface area contributed by atoms with E-state index in [-0.39, 0.29) is 5.41 Å². The van der Waals surface area contributed by atoms with Crippen LogP contribution in [0.15, 0.2) is 0 Å². The number of hydrogen-bond acceptors (Lipinski definition) is 2. The van der Waals surface area contributed by atoms with Crippen LogP contribution in [0.25, 0.3) is 0 Å². The minimum Gasteiger partial charge on any atom is -0.305 e. The molecule has 0 unspecified atom stereocenters. The molecule has 0 aromatic carbocycles. The van der Waals surface area contributed by atoms with Crippen molar-refractivity contribution in [1.82, 2.24) is 0 Å². The lowest BCUT2D eigenvalue weighted by molar-refractivity contribution is -0.132. The zero-order chi connectivity index (χ0) is 11.1. The van der Waals surface area contributed by atoms with Gasteiger partial charge in [0.15, 0.2) is 0 Å². The van der Waals surface area contributed by atoms with Crippen molar-refractivity contribution in [1.29, 1.82) is 0 Å². The van der Waals surface area contributed by atoms with Gasteiger partial charge in [-0.15, -0.1) is 0 Å². The Morgan fingerprint density at radius 3 is 1.54 bits per heavy atom. The fourth-order valence-electron chi connectivity index (χ4n) is 0.391. The number of rotatable bonds is 3. The third kappa shape index (κ3) is 11.3. The Labute approximate surface area is 76.1 Å².